The highest BCUT2D eigenvalue weighted by Gasteiger charge is 2.38. The minimum Gasteiger partial charge on any atom is -0.506 e. The van der Waals surface area contributed by atoms with Gasteiger partial charge in [-0.25, -0.2) is 4.58 Å². The van der Waals surface area contributed by atoms with Gasteiger partial charge in [-0.2, -0.15) is 0 Å². The Morgan fingerprint density at radius 2 is 1.70 bits per heavy atom. The lowest BCUT2D eigenvalue weighted by Crippen LogP contribution is -2.22. The van der Waals surface area contributed by atoms with Gasteiger partial charge in [-0.1, -0.05) is 57.6 Å². The Hall–Kier alpha value is -3.91. The van der Waals surface area contributed by atoms with E-state index in [1.165, 1.54) is 30.7 Å². The first kappa shape index (κ1) is 31.5. The summed E-state index contributed by atoms with van der Waals surface area (Å²) in [5.41, 5.74) is 10.3. The number of Topliss-reactive ketones (excluding diaryl/α,β-unsaturated/α-hetero) is 1. The number of ketones is 1. The largest absolute Gasteiger partial charge is 0.506 e. The first-order valence-corrected chi connectivity index (χ1v) is 17.3. The van der Waals surface area contributed by atoms with Crippen molar-refractivity contribution in [3.8, 4) is 11.8 Å². The summed E-state index contributed by atoms with van der Waals surface area (Å²) in [6.07, 6.45) is 15.7. The molecule has 0 saturated carbocycles. The van der Waals surface area contributed by atoms with Crippen molar-refractivity contribution in [1.29, 1.82) is 0 Å². The summed E-state index contributed by atoms with van der Waals surface area (Å²) in [6.45, 7) is 9.76. The molecule has 0 aromatic carbocycles. The Labute approximate surface area is 269 Å². The first-order chi connectivity index (χ1) is 21.5. The number of anilines is 1. The van der Waals surface area contributed by atoms with E-state index in [2.05, 4.69) is 77.2 Å². The molecule has 0 unspecified atom stereocenters. The summed E-state index contributed by atoms with van der Waals surface area (Å²) in [4.78, 5) is 18.3. The van der Waals surface area contributed by atoms with Gasteiger partial charge in [-0.3, -0.25) is 4.79 Å². The maximum atomic E-state index is 13.1. The van der Waals surface area contributed by atoms with Gasteiger partial charge in [-0.15, -0.1) is 11.3 Å². The number of rotatable bonds is 11. The molecular formula is C37H40N3O2S2+. The van der Waals surface area contributed by atoms with E-state index in [0.717, 1.165) is 58.4 Å². The Morgan fingerprint density at radius 1 is 0.909 bits per heavy atom. The van der Waals surface area contributed by atoms with Crippen LogP contribution in [0.4, 0.5) is 5.00 Å². The maximum Gasteiger partial charge on any atom is 0.240 e. The fourth-order valence-electron chi connectivity index (χ4n) is 5.10. The van der Waals surface area contributed by atoms with Crippen LogP contribution in [0.1, 0.15) is 82.0 Å². The summed E-state index contributed by atoms with van der Waals surface area (Å²) in [5.74, 6) is 6.21. The van der Waals surface area contributed by atoms with Gasteiger partial charge >= 0.3 is 0 Å². The van der Waals surface area contributed by atoms with Gasteiger partial charge in [0.05, 0.1) is 37.3 Å². The van der Waals surface area contributed by atoms with Crippen LogP contribution in [0.2, 0.25) is 0 Å². The van der Waals surface area contributed by atoms with Crippen molar-refractivity contribution in [2.45, 2.75) is 65.7 Å². The predicted octanol–water partition coefficient (Wildman–Crippen LogP) is 8.67. The molecule has 0 radical (unpaired) electrons. The van der Waals surface area contributed by atoms with Gasteiger partial charge in [0.25, 0.3) is 0 Å². The average Bonchev–Trinajstić information content (AvgIpc) is 3.84. The number of hydrogen-bond donors (Lipinski definition) is 3. The number of aromatic amines is 1. The van der Waals surface area contributed by atoms with E-state index < -0.39 is 0 Å². The molecule has 0 spiro atoms. The Balaban J connectivity index is 1.26. The normalized spacial score (nSPS) is 17.2. The number of carbonyl (C=O) groups excluding carboxylic acids is 1. The molecule has 0 fully saturated rings. The molecule has 2 aliphatic carbocycles. The summed E-state index contributed by atoms with van der Waals surface area (Å²) in [5, 5.41) is 16.7. The van der Waals surface area contributed by atoms with E-state index in [-0.39, 0.29) is 11.5 Å². The van der Waals surface area contributed by atoms with E-state index in [9.17, 15) is 9.90 Å². The van der Waals surface area contributed by atoms with Crippen LogP contribution in [0.25, 0.3) is 5.57 Å². The number of H-pyrrole nitrogens is 1. The van der Waals surface area contributed by atoms with E-state index in [4.69, 9.17) is 0 Å². The van der Waals surface area contributed by atoms with Crippen LogP contribution in [0.5, 0.6) is 0 Å². The van der Waals surface area contributed by atoms with Crippen molar-refractivity contribution in [2.24, 2.45) is 0 Å². The lowest BCUT2D eigenvalue weighted by Gasteiger charge is -2.22. The van der Waals surface area contributed by atoms with Gasteiger partial charge in [0.15, 0.2) is 0 Å². The minimum atomic E-state index is -0.152. The van der Waals surface area contributed by atoms with Crippen LogP contribution in [0.3, 0.4) is 0 Å². The van der Waals surface area contributed by atoms with E-state index in [0.29, 0.717) is 29.0 Å². The summed E-state index contributed by atoms with van der Waals surface area (Å²) < 4.78 is 2.48. The second-order valence-electron chi connectivity index (χ2n) is 11.1. The molecule has 1 aliphatic heterocycles. The number of aliphatic hydroxyl groups is 1. The molecule has 2 aromatic rings. The van der Waals surface area contributed by atoms with Crippen LogP contribution in [-0.4, -0.2) is 45.1 Å². The van der Waals surface area contributed by atoms with E-state index >= 15 is 0 Å². The lowest BCUT2D eigenvalue weighted by molar-refractivity contribution is -0.525. The molecule has 0 saturated heterocycles. The third-order valence-corrected chi connectivity index (χ3v) is 9.66. The topological polar surface area (TPSA) is 68.1 Å². The van der Waals surface area contributed by atoms with Gasteiger partial charge in [0, 0.05) is 37.5 Å². The number of unbranched alkanes of at least 4 members (excludes halogenated alkanes) is 3. The third-order valence-electron chi connectivity index (χ3n) is 7.64. The Bertz CT molecular complexity index is 1740. The van der Waals surface area contributed by atoms with Gasteiger partial charge < -0.3 is 15.4 Å². The van der Waals surface area contributed by atoms with E-state index in [1.54, 1.807) is 29.2 Å². The summed E-state index contributed by atoms with van der Waals surface area (Å²) in [7, 11) is 0. The molecule has 2 aromatic heterocycles. The summed E-state index contributed by atoms with van der Waals surface area (Å²) in [6, 6.07) is 7.71. The number of aliphatic hydroxyl groups excluding tert-OH is 1. The van der Waals surface area contributed by atoms with Crippen LogP contribution in [0, 0.1) is 11.8 Å². The molecule has 226 valence electrons. The average molecular weight is 623 g/mol. The zero-order valence-electron chi connectivity index (χ0n) is 25.8. The highest BCUT2D eigenvalue weighted by atomic mass is 32.2. The van der Waals surface area contributed by atoms with Crippen molar-refractivity contribution in [3.63, 3.8) is 0 Å². The van der Waals surface area contributed by atoms with Crippen molar-refractivity contribution < 1.29 is 14.5 Å². The molecule has 3 heterocycles. The monoisotopic (exact) mass is 622 g/mol. The highest BCUT2D eigenvalue weighted by molar-refractivity contribution is 8.18. The quantitative estimate of drug-likeness (QED) is 0.0771. The first-order valence-electron chi connectivity index (χ1n) is 15.7. The van der Waals surface area contributed by atoms with Crippen LogP contribution < -0.4 is 5.32 Å². The molecule has 3 N–H and O–H groups in total. The maximum absolute atomic E-state index is 13.1. The standard InChI is InChI=1S/C37H39N3O2S2/c1-4-7-22-38-32-20-17-29(43-32)16-13-28-14-19-31(39-28)35-36(41)34(37(35)42)27-12-10-26(25-27)11-15-30-18-21-33(44-30)40(23-8-5-2)24-9-6-3/h10,12,14,17-21H,4-9,22-25H2,1-3H3,(H2,38,39,41,42)/p+1. The second-order valence-corrected chi connectivity index (χ2v) is 13.2. The van der Waals surface area contributed by atoms with Crippen LogP contribution in [-0.2, 0) is 4.79 Å². The summed E-state index contributed by atoms with van der Waals surface area (Å²) >= 11 is 3.37. The number of allylic oxidation sites excluding steroid dienone is 7. The van der Waals surface area contributed by atoms with Crippen molar-refractivity contribution >= 4 is 44.5 Å². The number of thiophene rings is 1. The van der Waals surface area contributed by atoms with Gasteiger partial charge in [-0.05, 0) is 72.0 Å². The number of nitrogens with zero attached hydrogens (tertiary/aromatic N) is 1. The molecule has 5 rings (SSSR count). The lowest BCUT2D eigenvalue weighted by atomic mass is 9.82. The number of hydrogen-bond acceptors (Lipinski definition) is 5. The molecule has 3 aliphatic rings. The number of carbonyl (C=O) groups is 1. The molecule has 0 bridgehead atoms. The fourth-order valence-corrected chi connectivity index (χ4v) is 6.80. The van der Waals surface area contributed by atoms with Crippen LogP contribution >= 0.6 is 23.1 Å². The number of nitrogens with one attached hydrogen (secondary N) is 2. The molecule has 0 amide bonds. The molecule has 7 heteroatoms. The van der Waals surface area contributed by atoms with Gasteiger partial charge in [0.1, 0.15) is 18.8 Å². The number of aromatic nitrogens is 1. The molecule has 44 heavy (non-hydrogen) atoms. The van der Waals surface area contributed by atoms with Crippen LogP contribution in [0.15, 0.2) is 87.4 Å². The van der Waals surface area contributed by atoms with Crippen molar-refractivity contribution in [1.82, 2.24) is 4.98 Å². The smallest absolute Gasteiger partial charge is 0.240 e. The zero-order chi connectivity index (χ0) is 30.9. The zero-order valence-corrected chi connectivity index (χ0v) is 27.4. The molecule has 0 atom stereocenters. The Morgan fingerprint density at radius 3 is 2.45 bits per heavy atom. The Kier molecular flexibility index (Phi) is 10.9. The number of thioether (sulfide) groups is 1. The second kappa shape index (κ2) is 15.2. The predicted molar refractivity (Wildman–Crippen MR) is 185 cm³/mol. The van der Waals surface area contributed by atoms with E-state index in [1.807, 2.05) is 24.3 Å². The fraction of sp³-hybridized carbons (Fsp3) is 0.351. The SMILES string of the molecule is CCCCNc1ccc(C#Cc2ccc(C3=C(O)C(=C4C=CC(=C=C=C5C=CC(=[N+](CCCC)CCCC)S5)C4)C3=O)[nH]2)s1. The van der Waals surface area contributed by atoms with Gasteiger partial charge in [0.2, 0.25) is 10.8 Å². The minimum absolute atomic E-state index is 0.0356. The highest BCUT2D eigenvalue weighted by Crippen LogP contribution is 2.40. The van der Waals surface area contributed by atoms with Crippen molar-refractivity contribution in [2.75, 3.05) is 25.0 Å². The molecular weight excluding hydrogens is 583 g/mol. The molecule has 5 nitrogen and oxygen atoms in total. The van der Waals surface area contributed by atoms with Crippen molar-refractivity contribution in [3.05, 3.63) is 104 Å². The third kappa shape index (κ3) is 7.59.